The van der Waals surface area contributed by atoms with Crippen LogP contribution in [0.4, 0.5) is 0 Å². The number of aliphatic imine (C=N–C) groups is 1. The first-order valence-electron chi connectivity index (χ1n) is 11.8. The van der Waals surface area contributed by atoms with Crippen molar-refractivity contribution in [2.75, 3.05) is 13.1 Å². The molecule has 0 unspecified atom stereocenters. The molecule has 0 saturated heterocycles. The van der Waals surface area contributed by atoms with E-state index in [0.717, 1.165) is 41.3 Å². The molecule has 1 aliphatic heterocycles. The van der Waals surface area contributed by atoms with E-state index in [2.05, 4.69) is 75.2 Å². The van der Waals surface area contributed by atoms with Crippen LogP contribution in [-0.2, 0) is 17.4 Å². The summed E-state index contributed by atoms with van der Waals surface area (Å²) in [6, 6.07) is 21.8. The first-order valence-corrected chi connectivity index (χ1v) is 16.3. The van der Waals surface area contributed by atoms with E-state index >= 15 is 0 Å². The zero-order chi connectivity index (χ0) is 27.5. The third-order valence-electron chi connectivity index (χ3n) is 5.49. The molecule has 3 heterocycles. The molecule has 0 atom stereocenters. The molecule has 1 amide bonds. The Kier molecular flexibility index (Phi) is 13.1. The number of hydrogen-bond acceptors (Lipinski definition) is 5. The van der Waals surface area contributed by atoms with Crippen LogP contribution < -0.4 is 5.32 Å². The Labute approximate surface area is 244 Å². The largest absolute Gasteiger partial charge is 0.469 e. The number of amides is 1. The van der Waals surface area contributed by atoms with Gasteiger partial charge in [-0.15, -0.1) is 0 Å². The molecule has 0 radical (unpaired) electrons. The Balaban J connectivity index is 0.000000229. The van der Waals surface area contributed by atoms with E-state index in [1.165, 1.54) is 11.1 Å². The molecule has 1 N–H and O–H groups in total. The summed E-state index contributed by atoms with van der Waals surface area (Å²) in [5.41, 5.74) is 6.50. The topological polar surface area (TPSA) is 84.8 Å². The van der Waals surface area contributed by atoms with Crippen molar-refractivity contribution in [2.45, 2.75) is 34.1 Å². The molecule has 5 rings (SSSR count). The second-order valence-electron chi connectivity index (χ2n) is 8.45. The summed E-state index contributed by atoms with van der Waals surface area (Å²) in [4.78, 5) is 16.3. The fraction of sp³-hybridized carbons (Fsp3) is 0.241. The van der Waals surface area contributed by atoms with Crippen LogP contribution >= 0.6 is 38.9 Å². The Hall–Kier alpha value is -2.76. The summed E-state index contributed by atoms with van der Waals surface area (Å²) >= 11 is 13.8. The number of carbonyl (C=O) groups is 1. The normalized spacial score (nSPS) is 11.9. The minimum absolute atomic E-state index is 0. The van der Waals surface area contributed by atoms with Gasteiger partial charge in [0.1, 0.15) is 11.5 Å². The van der Waals surface area contributed by atoms with E-state index in [4.69, 9.17) is 8.83 Å². The number of carbonyl (C=O) groups excluding carboxylic acids is 1. The molecule has 4 aromatic rings. The van der Waals surface area contributed by atoms with Gasteiger partial charge in [0, 0.05) is 42.6 Å². The summed E-state index contributed by atoms with van der Waals surface area (Å²) in [6.45, 7) is 5.50. The number of rotatable bonds is 5. The highest BCUT2D eigenvalue weighted by molar-refractivity contribution is 8.24. The zero-order valence-electron chi connectivity index (χ0n) is 21.0. The molecule has 0 aliphatic carbocycles. The molecule has 0 fully saturated rings. The van der Waals surface area contributed by atoms with Crippen LogP contribution in [-0.4, -0.2) is 24.7 Å². The fourth-order valence-electron chi connectivity index (χ4n) is 3.62. The van der Waals surface area contributed by atoms with Crippen molar-refractivity contribution in [1.82, 2.24) is 5.32 Å². The van der Waals surface area contributed by atoms with Crippen LogP contribution in [0.25, 0.3) is 0 Å². The standard InChI is InChI=1S/C14H15NO2.C14H13NO.CH4.Cl3OP/c1-11-4-6-12(7-5-11)14(16)15-9-8-13-3-2-10-17-13;1-10-2-4-11(5-3-10)14-12-7-9-16-13(12)6-8-15-14;;1-5(2,3)4/h2-7,10H,8-9H2,1H3,(H,15,16);2-5,7,9H,6,8H2,1H3;1H4;. The highest BCUT2D eigenvalue weighted by atomic mass is 36.0. The Morgan fingerprint density at radius 1 is 0.923 bits per heavy atom. The molecule has 0 spiro atoms. The smallest absolute Gasteiger partial charge is 0.339 e. The predicted molar refractivity (Wildman–Crippen MR) is 162 cm³/mol. The number of hydrogen-bond donors (Lipinski definition) is 1. The van der Waals surface area contributed by atoms with Crippen LogP contribution in [0, 0.1) is 13.8 Å². The lowest BCUT2D eigenvalue weighted by Crippen LogP contribution is -2.25. The van der Waals surface area contributed by atoms with Gasteiger partial charge in [-0.1, -0.05) is 55.0 Å². The van der Waals surface area contributed by atoms with Gasteiger partial charge in [0.05, 0.1) is 18.2 Å². The maximum absolute atomic E-state index is 11.7. The highest BCUT2D eigenvalue weighted by Gasteiger charge is 2.17. The maximum Gasteiger partial charge on any atom is 0.339 e. The van der Waals surface area contributed by atoms with Crippen molar-refractivity contribution in [3.63, 3.8) is 0 Å². The van der Waals surface area contributed by atoms with E-state index in [-0.39, 0.29) is 13.3 Å². The third-order valence-corrected chi connectivity index (χ3v) is 5.49. The van der Waals surface area contributed by atoms with Crippen molar-refractivity contribution >= 4 is 50.5 Å². The quantitative estimate of drug-likeness (QED) is 0.229. The van der Waals surface area contributed by atoms with E-state index in [1.807, 2.05) is 49.4 Å². The second-order valence-corrected chi connectivity index (χ2v) is 15.1. The van der Waals surface area contributed by atoms with E-state index < -0.39 is 5.20 Å². The molecule has 1 aliphatic rings. The first kappa shape index (κ1) is 32.5. The van der Waals surface area contributed by atoms with Gasteiger partial charge < -0.3 is 14.2 Å². The molecule has 2 aromatic heterocycles. The van der Waals surface area contributed by atoms with Crippen LogP contribution in [0.15, 0.2) is 93.1 Å². The lowest BCUT2D eigenvalue weighted by atomic mass is 9.98. The maximum atomic E-state index is 11.7. The lowest BCUT2D eigenvalue weighted by Gasteiger charge is -2.12. The van der Waals surface area contributed by atoms with Crippen molar-refractivity contribution in [2.24, 2.45) is 4.99 Å². The summed E-state index contributed by atoms with van der Waals surface area (Å²) in [6.07, 6.45) is 5.01. The number of furan rings is 2. The Morgan fingerprint density at radius 2 is 1.54 bits per heavy atom. The fourth-order valence-corrected chi connectivity index (χ4v) is 3.62. The minimum Gasteiger partial charge on any atom is -0.469 e. The Morgan fingerprint density at radius 3 is 2.13 bits per heavy atom. The van der Waals surface area contributed by atoms with Gasteiger partial charge in [0.2, 0.25) is 0 Å². The van der Waals surface area contributed by atoms with Crippen molar-refractivity contribution in [1.29, 1.82) is 0 Å². The van der Waals surface area contributed by atoms with Gasteiger partial charge in [-0.25, -0.2) is 0 Å². The number of nitrogens with zero attached hydrogens (tertiary/aromatic N) is 1. The minimum atomic E-state index is -3.22. The van der Waals surface area contributed by atoms with Crippen molar-refractivity contribution in [3.8, 4) is 0 Å². The van der Waals surface area contributed by atoms with Gasteiger partial charge in [0.25, 0.3) is 5.91 Å². The van der Waals surface area contributed by atoms with Gasteiger partial charge in [-0.2, -0.15) is 0 Å². The molecular weight excluding hydrogens is 578 g/mol. The average Bonchev–Trinajstić information content (AvgIpc) is 3.56. The summed E-state index contributed by atoms with van der Waals surface area (Å²) in [7, 11) is 0. The van der Waals surface area contributed by atoms with E-state index in [0.29, 0.717) is 18.5 Å². The summed E-state index contributed by atoms with van der Waals surface area (Å²) < 4.78 is 20.1. The second kappa shape index (κ2) is 15.7. The van der Waals surface area contributed by atoms with Crippen molar-refractivity contribution in [3.05, 3.63) is 119 Å². The molecule has 0 bridgehead atoms. The van der Waals surface area contributed by atoms with E-state index in [9.17, 15) is 9.36 Å². The monoisotopic (exact) mass is 608 g/mol. The van der Waals surface area contributed by atoms with Gasteiger partial charge in [-0.05, 0) is 77.9 Å². The number of benzene rings is 2. The molecule has 2 aromatic carbocycles. The lowest BCUT2D eigenvalue weighted by molar-refractivity contribution is 0.0953. The van der Waals surface area contributed by atoms with Crippen LogP contribution in [0.3, 0.4) is 0 Å². The summed E-state index contributed by atoms with van der Waals surface area (Å²) in [5.74, 6) is 1.90. The number of halogens is 3. The number of nitrogens with one attached hydrogen (secondary N) is 1. The molecule has 0 saturated carbocycles. The molecular formula is C29H32Cl3N2O4P. The molecule has 10 heteroatoms. The Bertz CT molecular complexity index is 1370. The van der Waals surface area contributed by atoms with E-state index in [1.54, 1.807) is 12.5 Å². The average molecular weight is 610 g/mol. The number of fused-ring (bicyclic) bond motifs is 1. The van der Waals surface area contributed by atoms with Gasteiger partial charge in [-0.3, -0.25) is 14.4 Å². The molecule has 6 nitrogen and oxygen atoms in total. The zero-order valence-corrected chi connectivity index (χ0v) is 24.2. The van der Waals surface area contributed by atoms with Crippen LogP contribution in [0.5, 0.6) is 0 Å². The SMILES string of the molecule is C.Cc1ccc(C(=O)NCCc2ccco2)cc1.Cc1ccc(C2=NCCc3occc32)cc1.O=P(Cl)(Cl)Cl. The first-order chi connectivity index (χ1) is 18.1. The van der Waals surface area contributed by atoms with Gasteiger partial charge >= 0.3 is 5.20 Å². The predicted octanol–water partition coefficient (Wildman–Crippen LogP) is 8.99. The molecule has 208 valence electrons. The highest BCUT2D eigenvalue weighted by Crippen LogP contribution is 2.61. The van der Waals surface area contributed by atoms with Crippen LogP contribution in [0.1, 0.15) is 51.6 Å². The summed E-state index contributed by atoms with van der Waals surface area (Å²) in [5, 5.41) is -0.364. The number of aryl methyl sites for hydroxylation is 2. The van der Waals surface area contributed by atoms with Crippen molar-refractivity contribution < 1.29 is 18.2 Å². The third kappa shape index (κ3) is 11.5. The van der Waals surface area contributed by atoms with Crippen LogP contribution in [0.2, 0.25) is 0 Å². The molecule has 39 heavy (non-hydrogen) atoms. The van der Waals surface area contributed by atoms with Gasteiger partial charge in [0.15, 0.2) is 0 Å².